The van der Waals surface area contributed by atoms with Gasteiger partial charge in [0.2, 0.25) is 0 Å². The van der Waals surface area contributed by atoms with Crippen molar-refractivity contribution in [3.05, 3.63) is 0 Å². The zero-order chi connectivity index (χ0) is 94.9. The zero-order valence-electron chi connectivity index (χ0n) is 72.5. The Morgan fingerprint density at radius 1 is 0.270 bits per heavy atom. The van der Waals surface area contributed by atoms with Crippen molar-refractivity contribution in [1.29, 1.82) is 0 Å². The van der Waals surface area contributed by atoms with Crippen LogP contribution in [0.3, 0.4) is 0 Å². The zero-order valence-corrected chi connectivity index (χ0v) is 71.5. The molecule has 0 bridgehead atoms. The Morgan fingerprint density at radius 3 is 0.586 bits per heavy atom. The van der Waals surface area contributed by atoms with Crippen LogP contribution in [0.15, 0.2) is 0 Å². The second-order valence-corrected chi connectivity index (χ2v) is 30.2. The van der Waals surface area contributed by atoms with Crippen molar-refractivity contribution in [3.63, 3.8) is 0 Å². The monoisotopic (exact) mass is 1730 g/mol. The summed E-state index contributed by atoms with van der Waals surface area (Å²) in [4.78, 5) is 0. The van der Waals surface area contributed by atoms with E-state index < -0.39 is 146 Å². The lowest BCUT2D eigenvalue weighted by molar-refractivity contribution is -0.327. The Balaban J connectivity index is -0.0000000776. The molecule has 0 saturated heterocycles. The average molecular weight is 1730 g/mol. The SMILES string of the molecule is CC(C)(C(F)(F)F)C(F)(F)F.CC(C)(C)C(F)(F)F.CC(C)C(C)C.CC(C)C(F)(F)F.CCC(C)(C)C.CCC(C)C.CCC(C)C(F)(F)F.CCC(C)CC.CCCC(C(F)(F)F)C(F)(F)F.CCCCC.CCCCCC(F)(F)F.CCC[C@H](C)C(F)(F)F.C[C@@H](CCC(F)(F)F)C(F)(F)F.[2H]C(C)(C)C(F)(F)F. The van der Waals surface area contributed by atoms with Gasteiger partial charge in [-0.05, 0) is 75.0 Å². The van der Waals surface area contributed by atoms with Crippen molar-refractivity contribution in [2.75, 3.05) is 0 Å². The second-order valence-electron chi connectivity index (χ2n) is 30.2. The Hall–Kier alpha value is -2.52. The predicted octanol–water partition coefficient (Wildman–Crippen LogP) is 37.3. The minimum absolute atomic E-state index is 0.104. The topological polar surface area (TPSA) is 0 Å². The molecule has 0 aliphatic carbocycles. The highest BCUT2D eigenvalue weighted by molar-refractivity contribution is 4.84. The first-order chi connectivity index (χ1) is 48.5. The number of hydrogen-bond donors (Lipinski definition) is 0. The lowest BCUT2D eigenvalue weighted by atomic mass is 9.92. The van der Waals surface area contributed by atoms with Gasteiger partial charge in [-0.1, -0.05) is 278 Å². The van der Waals surface area contributed by atoms with Gasteiger partial charge in [0.05, 0.1) is 23.2 Å². The molecule has 3 atom stereocenters. The molecule has 0 aromatic rings. The van der Waals surface area contributed by atoms with E-state index in [1.807, 2.05) is 6.92 Å². The fraction of sp³-hybridized carbons (Fsp3) is 1.00. The largest absolute Gasteiger partial charge is 0.402 e. The van der Waals surface area contributed by atoms with Gasteiger partial charge in [-0.15, -0.1) is 0 Å². The van der Waals surface area contributed by atoms with Gasteiger partial charge in [-0.2, -0.15) is 158 Å². The Labute approximate surface area is 644 Å². The Bertz CT molecular complexity index is 1880. The predicted molar refractivity (Wildman–Crippen MR) is 380 cm³/mol. The molecular formula is C75H142F36. The van der Waals surface area contributed by atoms with Gasteiger partial charge in [-0.25, -0.2) is 0 Å². The maximum atomic E-state index is 11.7. The van der Waals surface area contributed by atoms with E-state index >= 15 is 0 Å². The van der Waals surface area contributed by atoms with Crippen LogP contribution in [0.5, 0.6) is 0 Å². The lowest BCUT2D eigenvalue weighted by Gasteiger charge is -2.29. The summed E-state index contributed by atoms with van der Waals surface area (Å²) in [5.41, 5.74) is -4.65. The maximum absolute atomic E-state index is 11.7. The second kappa shape index (κ2) is 66.4. The van der Waals surface area contributed by atoms with Crippen LogP contribution >= 0.6 is 0 Å². The molecule has 0 aromatic heterocycles. The van der Waals surface area contributed by atoms with Gasteiger partial charge in [0.25, 0.3) is 0 Å². The number of unbranched alkanes of at least 4 members (excludes halogenated alkanes) is 4. The van der Waals surface area contributed by atoms with Crippen molar-refractivity contribution in [2.45, 2.75) is 411 Å². The van der Waals surface area contributed by atoms with E-state index in [2.05, 4.69) is 111 Å². The van der Waals surface area contributed by atoms with Gasteiger partial charge in [-0.3, -0.25) is 0 Å². The van der Waals surface area contributed by atoms with Crippen molar-refractivity contribution >= 4 is 0 Å². The van der Waals surface area contributed by atoms with Crippen LogP contribution in [0.2, 0.25) is 0 Å². The molecule has 36 heteroatoms. The first-order valence-electron chi connectivity index (χ1n) is 37.3. The maximum Gasteiger partial charge on any atom is 0.402 e. The molecule has 1 unspecified atom stereocenters. The van der Waals surface area contributed by atoms with Gasteiger partial charge in [0.15, 0.2) is 11.3 Å². The summed E-state index contributed by atoms with van der Waals surface area (Å²) >= 11 is 0. The van der Waals surface area contributed by atoms with Crippen LogP contribution in [0.25, 0.3) is 0 Å². The van der Waals surface area contributed by atoms with Crippen LogP contribution in [0.1, 0.15) is 339 Å². The quantitative estimate of drug-likeness (QED) is 0.107. The van der Waals surface area contributed by atoms with E-state index in [9.17, 15) is 158 Å². The molecule has 0 aliphatic heterocycles. The molecule has 0 nitrogen and oxygen atoms in total. The van der Waals surface area contributed by atoms with E-state index in [0.717, 1.165) is 85.5 Å². The highest BCUT2D eigenvalue weighted by atomic mass is 19.5. The van der Waals surface area contributed by atoms with Crippen LogP contribution in [-0.4, -0.2) is 74.1 Å². The fourth-order valence-electron chi connectivity index (χ4n) is 3.55. The molecule has 0 radical (unpaired) electrons. The number of halogens is 36. The summed E-state index contributed by atoms with van der Waals surface area (Å²) in [5.74, 6) is -7.34. The van der Waals surface area contributed by atoms with E-state index in [1.54, 1.807) is 6.92 Å². The minimum atomic E-state index is -5.24. The van der Waals surface area contributed by atoms with Gasteiger partial charge in [0, 0.05) is 26.0 Å². The summed E-state index contributed by atoms with van der Waals surface area (Å²) in [6.07, 6.45) is -46.1. The average Bonchev–Trinajstić information content (AvgIpc) is 0.791. The molecular weight excluding hydrogens is 1580 g/mol. The minimum Gasteiger partial charge on any atom is -0.171 e. The van der Waals surface area contributed by atoms with Gasteiger partial charge < -0.3 is 0 Å². The summed E-state index contributed by atoms with van der Waals surface area (Å²) in [5, 5.41) is 0. The lowest BCUT2D eigenvalue weighted by Crippen LogP contribution is -2.44. The molecule has 694 valence electrons. The number of rotatable bonds is 16. The number of hydrogen-bond acceptors (Lipinski definition) is 0. The fourth-order valence-corrected chi connectivity index (χ4v) is 3.55. The van der Waals surface area contributed by atoms with Gasteiger partial charge in [0.1, 0.15) is 0 Å². The third-order valence-corrected chi connectivity index (χ3v) is 15.1. The number of alkyl halides is 36. The summed E-state index contributed by atoms with van der Waals surface area (Å²) < 4.78 is 421. The summed E-state index contributed by atoms with van der Waals surface area (Å²) in [6, 6.07) is 0. The highest BCUT2D eigenvalue weighted by Crippen LogP contribution is 2.49. The third-order valence-electron chi connectivity index (χ3n) is 15.1. The van der Waals surface area contributed by atoms with Crippen LogP contribution in [0, 0.1) is 75.4 Å². The molecule has 0 saturated carbocycles. The summed E-state index contributed by atoms with van der Waals surface area (Å²) in [7, 11) is 0. The van der Waals surface area contributed by atoms with E-state index in [4.69, 9.17) is 1.37 Å². The molecule has 0 N–H and O–H groups in total. The molecule has 0 heterocycles. The third kappa shape index (κ3) is 116. The van der Waals surface area contributed by atoms with Crippen LogP contribution in [0.4, 0.5) is 158 Å². The molecule has 0 aromatic carbocycles. The Kier molecular flexibility index (Phi) is 82.2. The van der Waals surface area contributed by atoms with Crippen LogP contribution in [-0.2, 0) is 0 Å². The van der Waals surface area contributed by atoms with Crippen LogP contribution < -0.4 is 0 Å². The first kappa shape index (κ1) is 137. The molecule has 111 heavy (non-hydrogen) atoms. The standard InChI is InChI=1S/2C6H8F6.2C6H11F3.3C6H14.C5H6F6.2C5H9F3.2C5H12.2C4H7F3/c1-4(6(10,11)12)2-3-5(7,8)9;1-2-3-4(5(7,8)9)6(10,11)12;1-3-4-5(2)6(7,8)9;1-2-3-4-5-6(7,8)9;1-5-6(2,3)4;1-5(2)6(3)4;1-4-6(3)5-2;1-3(2,4(6,7)8)5(9,10)11;1-4(2,3)5(6,7)8;1-3-4(2)5(6,7)8;1-4-5(2)3;1-3-5-4-2;2*1-3(2)4(5,6)7/h2*4H,2-3H2,1H3;5H,3-4H2,1-2H3;2-5H2,1H3;5H2,1-4H3;5-6H,1-4H3;6H,4-5H2,1-3H3;1-2H3;1-3H3;4H,3H2,1-2H3;5H,4H2,1-3H3;3-5H2,1-2H3;2*3H,1-2H3/t4-;;5-;;;;;;;;;;;/m0.0.........../s1/i;;;;;;;;;;;;3D;. The molecule has 0 spiro atoms. The summed E-state index contributed by atoms with van der Waals surface area (Å²) in [6.45, 7) is 52.8. The molecule has 0 rings (SSSR count). The molecule has 0 fully saturated rings. The van der Waals surface area contributed by atoms with Crippen molar-refractivity contribution < 1.29 is 159 Å². The Morgan fingerprint density at radius 2 is 0.514 bits per heavy atom. The van der Waals surface area contributed by atoms with Gasteiger partial charge >= 0.3 is 74.1 Å². The van der Waals surface area contributed by atoms with Crippen molar-refractivity contribution in [2.24, 2.45) is 75.4 Å². The van der Waals surface area contributed by atoms with E-state index in [-0.39, 0.29) is 39.5 Å². The normalized spacial score (nSPS) is 13.7. The smallest absolute Gasteiger partial charge is 0.171 e. The highest BCUT2D eigenvalue weighted by Gasteiger charge is 2.64. The molecule has 0 amide bonds. The van der Waals surface area contributed by atoms with Crippen molar-refractivity contribution in [1.82, 2.24) is 0 Å². The molecule has 0 aliphatic rings. The van der Waals surface area contributed by atoms with Crippen molar-refractivity contribution in [3.8, 4) is 0 Å². The van der Waals surface area contributed by atoms with E-state index in [0.29, 0.717) is 18.3 Å². The van der Waals surface area contributed by atoms with E-state index in [1.165, 1.54) is 72.6 Å². The first-order valence-corrected chi connectivity index (χ1v) is 36.8.